The van der Waals surface area contributed by atoms with Crippen molar-refractivity contribution in [2.45, 2.75) is 0 Å². The van der Waals surface area contributed by atoms with E-state index in [4.69, 9.17) is 5.73 Å². The molecule has 1 aromatic carbocycles. The molecule has 2 rings (SSSR count). The van der Waals surface area contributed by atoms with Gasteiger partial charge in [0.05, 0.1) is 16.9 Å². The largest absolute Gasteiger partial charge is 0.396 e. The topological polar surface area (TPSA) is 55.1 Å². The maximum atomic E-state index is 13.1. The second-order valence-electron chi connectivity index (χ2n) is 3.32. The van der Waals surface area contributed by atoms with Crippen LogP contribution in [-0.2, 0) is 0 Å². The van der Waals surface area contributed by atoms with Crippen molar-refractivity contribution < 1.29 is 9.18 Å². The summed E-state index contributed by atoms with van der Waals surface area (Å²) >= 11 is 4.61. The zero-order valence-electron chi connectivity index (χ0n) is 8.54. The maximum absolute atomic E-state index is 13.1. The van der Waals surface area contributed by atoms with Crippen molar-refractivity contribution in [3.05, 3.63) is 44.8 Å². The summed E-state index contributed by atoms with van der Waals surface area (Å²) < 4.78 is 13.5. The number of nitrogens with one attached hydrogen (secondary N) is 1. The molecule has 1 aromatic heterocycles. The lowest BCUT2D eigenvalue weighted by molar-refractivity contribution is 0.102. The van der Waals surface area contributed by atoms with Crippen LogP contribution in [0, 0.1) is 5.82 Å². The van der Waals surface area contributed by atoms with Crippen LogP contribution in [0.15, 0.2) is 33.4 Å². The first-order chi connectivity index (χ1) is 8.08. The van der Waals surface area contributed by atoms with Gasteiger partial charge < -0.3 is 11.1 Å². The smallest absolute Gasteiger partial charge is 0.256 e. The molecule has 0 atom stereocenters. The van der Waals surface area contributed by atoms with Crippen molar-refractivity contribution in [2.75, 3.05) is 11.1 Å². The van der Waals surface area contributed by atoms with E-state index >= 15 is 0 Å². The third-order valence-electron chi connectivity index (χ3n) is 2.11. The van der Waals surface area contributed by atoms with Gasteiger partial charge in [-0.05, 0) is 39.5 Å². The first-order valence-electron chi connectivity index (χ1n) is 4.66. The van der Waals surface area contributed by atoms with Gasteiger partial charge in [-0.15, -0.1) is 0 Å². The fourth-order valence-electron chi connectivity index (χ4n) is 1.27. The standard InChI is InChI=1S/C11H8BrFN2OS/c12-8-4-9(13)10(14)3-7(8)11(16)15-6-1-2-17-5-6/h1-5H,14H2,(H,15,16). The number of nitrogen functional groups attached to an aromatic ring is 1. The van der Waals surface area contributed by atoms with Crippen molar-refractivity contribution in [2.24, 2.45) is 0 Å². The van der Waals surface area contributed by atoms with E-state index in [0.29, 0.717) is 15.7 Å². The highest BCUT2D eigenvalue weighted by atomic mass is 79.9. The monoisotopic (exact) mass is 314 g/mol. The Morgan fingerprint density at radius 1 is 1.47 bits per heavy atom. The second kappa shape index (κ2) is 4.85. The predicted octanol–water partition coefficient (Wildman–Crippen LogP) is 3.48. The molecule has 1 heterocycles. The number of hydrogen-bond acceptors (Lipinski definition) is 3. The summed E-state index contributed by atoms with van der Waals surface area (Å²) in [5.41, 5.74) is 6.38. The molecule has 0 unspecified atom stereocenters. The zero-order chi connectivity index (χ0) is 12.4. The molecule has 0 spiro atoms. The molecule has 0 saturated heterocycles. The van der Waals surface area contributed by atoms with Crippen molar-refractivity contribution in [1.82, 2.24) is 0 Å². The molecule has 0 radical (unpaired) electrons. The van der Waals surface area contributed by atoms with Gasteiger partial charge in [-0.2, -0.15) is 11.3 Å². The van der Waals surface area contributed by atoms with Gasteiger partial charge >= 0.3 is 0 Å². The minimum Gasteiger partial charge on any atom is -0.396 e. The van der Waals surface area contributed by atoms with Gasteiger partial charge in [-0.3, -0.25) is 4.79 Å². The van der Waals surface area contributed by atoms with E-state index in [0.717, 1.165) is 0 Å². The molecule has 0 aliphatic heterocycles. The number of thiophene rings is 1. The lowest BCUT2D eigenvalue weighted by Gasteiger charge is -2.07. The van der Waals surface area contributed by atoms with E-state index in [1.54, 1.807) is 11.4 Å². The summed E-state index contributed by atoms with van der Waals surface area (Å²) in [7, 11) is 0. The van der Waals surface area contributed by atoms with Crippen LogP contribution in [0.1, 0.15) is 10.4 Å². The van der Waals surface area contributed by atoms with Gasteiger partial charge in [0.15, 0.2) is 0 Å². The van der Waals surface area contributed by atoms with Crippen molar-refractivity contribution in [1.29, 1.82) is 0 Å². The van der Waals surface area contributed by atoms with E-state index in [9.17, 15) is 9.18 Å². The average molecular weight is 315 g/mol. The van der Waals surface area contributed by atoms with Gasteiger partial charge in [0.25, 0.3) is 5.91 Å². The predicted molar refractivity (Wildman–Crippen MR) is 70.8 cm³/mol. The fourth-order valence-corrected chi connectivity index (χ4v) is 2.36. The molecule has 3 N–H and O–H groups in total. The van der Waals surface area contributed by atoms with Gasteiger partial charge in [-0.1, -0.05) is 0 Å². The molecule has 2 aromatic rings. The van der Waals surface area contributed by atoms with Crippen LogP contribution >= 0.6 is 27.3 Å². The lowest BCUT2D eigenvalue weighted by Crippen LogP contribution is -2.12. The Hall–Kier alpha value is -1.40. The number of carbonyl (C=O) groups is 1. The highest BCUT2D eigenvalue weighted by Gasteiger charge is 2.13. The SMILES string of the molecule is Nc1cc(C(=O)Nc2ccsc2)c(Br)cc1F. The average Bonchev–Trinajstić information content (AvgIpc) is 2.76. The normalized spacial score (nSPS) is 10.2. The molecule has 0 fully saturated rings. The minimum atomic E-state index is -0.552. The van der Waals surface area contributed by atoms with Crippen molar-refractivity contribution >= 4 is 44.5 Å². The van der Waals surface area contributed by atoms with Crippen LogP contribution in [-0.4, -0.2) is 5.91 Å². The van der Waals surface area contributed by atoms with Gasteiger partial charge in [0.1, 0.15) is 5.82 Å². The number of hydrogen-bond donors (Lipinski definition) is 2. The van der Waals surface area contributed by atoms with Crippen LogP contribution in [0.5, 0.6) is 0 Å². The van der Waals surface area contributed by atoms with Crippen molar-refractivity contribution in [3.8, 4) is 0 Å². The molecule has 1 amide bonds. The molecule has 6 heteroatoms. The number of nitrogens with two attached hydrogens (primary N) is 1. The molecule has 0 bridgehead atoms. The van der Waals surface area contributed by atoms with Gasteiger partial charge in [0.2, 0.25) is 0 Å². The van der Waals surface area contributed by atoms with E-state index in [2.05, 4.69) is 21.2 Å². The highest BCUT2D eigenvalue weighted by molar-refractivity contribution is 9.10. The molecule has 0 aliphatic carbocycles. The third kappa shape index (κ3) is 2.65. The third-order valence-corrected chi connectivity index (χ3v) is 3.45. The first kappa shape index (κ1) is 12.1. The van der Waals surface area contributed by atoms with Gasteiger partial charge in [0, 0.05) is 9.85 Å². The number of halogens is 2. The molecule has 88 valence electrons. The molecule has 17 heavy (non-hydrogen) atoms. The summed E-state index contributed by atoms with van der Waals surface area (Å²) in [6.07, 6.45) is 0. The summed E-state index contributed by atoms with van der Waals surface area (Å²) in [4.78, 5) is 11.9. The Morgan fingerprint density at radius 3 is 2.88 bits per heavy atom. The van der Waals surface area contributed by atoms with E-state index in [-0.39, 0.29) is 11.6 Å². The second-order valence-corrected chi connectivity index (χ2v) is 4.95. The summed E-state index contributed by atoms with van der Waals surface area (Å²) in [6, 6.07) is 4.27. The molecule has 0 saturated carbocycles. The Balaban J connectivity index is 2.28. The number of rotatable bonds is 2. The van der Waals surface area contributed by atoms with Crippen LogP contribution in [0.4, 0.5) is 15.8 Å². The van der Waals surface area contributed by atoms with Crippen LogP contribution in [0.2, 0.25) is 0 Å². The lowest BCUT2D eigenvalue weighted by atomic mass is 10.2. The number of benzene rings is 1. The number of anilines is 2. The molecular formula is C11H8BrFN2OS. The highest BCUT2D eigenvalue weighted by Crippen LogP contribution is 2.24. The van der Waals surface area contributed by atoms with Crippen LogP contribution in [0.25, 0.3) is 0 Å². The van der Waals surface area contributed by atoms with E-state index < -0.39 is 5.82 Å². The van der Waals surface area contributed by atoms with Crippen LogP contribution < -0.4 is 11.1 Å². The first-order valence-corrected chi connectivity index (χ1v) is 6.39. The summed E-state index contributed by atoms with van der Waals surface area (Å²) in [5.74, 6) is -0.883. The molecule has 3 nitrogen and oxygen atoms in total. The Bertz CT molecular complexity index is 557. The van der Waals surface area contributed by atoms with E-state index in [1.165, 1.54) is 23.5 Å². The molecular weight excluding hydrogens is 307 g/mol. The van der Waals surface area contributed by atoms with E-state index in [1.807, 2.05) is 5.38 Å². The number of amides is 1. The van der Waals surface area contributed by atoms with Gasteiger partial charge in [-0.25, -0.2) is 4.39 Å². The summed E-state index contributed by atoms with van der Waals surface area (Å²) in [5, 5.41) is 6.34. The molecule has 0 aliphatic rings. The Kier molecular flexibility index (Phi) is 3.44. The Morgan fingerprint density at radius 2 is 2.24 bits per heavy atom. The quantitative estimate of drug-likeness (QED) is 0.834. The minimum absolute atomic E-state index is 0.0522. The van der Waals surface area contributed by atoms with Crippen molar-refractivity contribution in [3.63, 3.8) is 0 Å². The fraction of sp³-hybridized carbons (Fsp3) is 0. The zero-order valence-corrected chi connectivity index (χ0v) is 10.9. The van der Waals surface area contributed by atoms with Crippen LogP contribution in [0.3, 0.4) is 0 Å². The Labute approximate surface area is 110 Å². The maximum Gasteiger partial charge on any atom is 0.256 e. The summed E-state index contributed by atoms with van der Waals surface area (Å²) in [6.45, 7) is 0. The number of carbonyl (C=O) groups excluding carboxylic acids is 1.